The number of hydrogen-bond acceptors (Lipinski definition) is 5. The van der Waals surface area contributed by atoms with Gasteiger partial charge in [0.2, 0.25) is 5.88 Å². The van der Waals surface area contributed by atoms with Crippen LogP contribution >= 0.6 is 0 Å². The fourth-order valence-electron chi connectivity index (χ4n) is 2.49. The predicted molar refractivity (Wildman–Crippen MR) is 114 cm³/mol. The predicted octanol–water partition coefficient (Wildman–Crippen LogP) is 3.68. The molecule has 0 saturated heterocycles. The molecule has 0 amide bonds. The molecule has 31 heavy (non-hydrogen) atoms. The molecule has 0 fully saturated rings. The summed E-state index contributed by atoms with van der Waals surface area (Å²) in [5.74, 6) is 4.50. The van der Waals surface area contributed by atoms with Crippen LogP contribution in [0.15, 0.2) is 47.6 Å². The monoisotopic (exact) mass is 441 g/mol. The number of imidazole rings is 1. The van der Waals surface area contributed by atoms with Crippen LogP contribution in [-0.4, -0.2) is 32.0 Å². The van der Waals surface area contributed by atoms with Gasteiger partial charge in [-0.05, 0) is 43.2 Å². The number of halogens is 2. The lowest BCUT2D eigenvalue weighted by Crippen LogP contribution is -2.10. The number of benzene rings is 1. The zero-order valence-electron chi connectivity index (χ0n) is 16.5. The molecule has 0 aliphatic rings. The Morgan fingerprint density at radius 1 is 1.29 bits per heavy atom. The van der Waals surface area contributed by atoms with Gasteiger partial charge in [0.25, 0.3) is 0 Å². The first-order chi connectivity index (χ1) is 14.9. The van der Waals surface area contributed by atoms with Gasteiger partial charge in [-0.25, -0.2) is 23.0 Å². The number of aromatic nitrogens is 3. The molecule has 1 unspecified atom stereocenters. The zero-order chi connectivity index (χ0) is 22.4. The number of pyridine rings is 1. The summed E-state index contributed by atoms with van der Waals surface area (Å²) in [7, 11) is -0.680. The molecule has 0 saturated carbocycles. The van der Waals surface area contributed by atoms with Crippen LogP contribution in [0.5, 0.6) is 5.88 Å². The van der Waals surface area contributed by atoms with E-state index in [0.717, 1.165) is 12.1 Å². The normalized spacial score (nSPS) is 11.6. The standard InChI is InChI=1S/C21H17F2N5O2S/c1-3-4-15-12-25-20(27-15)8-6-17(24)13-9-18(21(30-2)26-11-13)28-31(29)19-7-5-14(22)10-16(19)23/h5-12,24,28H,1-2H3,(H,25,27)/b8-6-,24-17?. The van der Waals surface area contributed by atoms with E-state index in [9.17, 15) is 13.0 Å². The number of anilines is 1. The van der Waals surface area contributed by atoms with Gasteiger partial charge in [0, 0.05) is 17.8 Å². The molecule has 158 valence electrons. The van der Waals surface area contributed by atoms with Gasteiger partial charge in [-0.15, -0.1) is 0 Å². The highest BCUT2D eigenvalue weighted by Gasteiger charge is 2.15. The quantitative estimate of drug-likeness (QED) is 0.384. The topological polar surface area (TPSA) is 104 Å². The molecule has 0 radical (unpaired) electrons. The SMILES string of the molecule is CC#Cc1cnc(/C=C\C(=N)c2cnc(OC)c(NS(=O)c3ccc(F)cc3F)c2)[nH]1. The van der Waals surface area contributed by atoms with E-state index in [-0.39, 0.29) is 22.2 Å². The number of allylic oxidation sites excluding steroid dienone is 1. The molecule has 1 atom stereocenters. The van der Waals surface area contributed by atoms with E-state index in [2.05, 4.69) is 31.5 Å². The molecule has 0 spiro atoms. The summed E-state index contributed by atoms with van der Waals surface area (Å²) < 4.78 is 47.3. The number of nitrogens with zero attached hydrogens (tertiary/aromatic N) is 2. The lowest BCUT2D eigenvalue weighted by molar-refractivity contribution is 0.400. The Balaban J connectivity index is 1.81. The molecule has 0 bridgehead atoms. The van der Waals surface area contributed by atoms with Crippen LogP contribution in [-0.2, 0) is 11.0 Å². The van der Waals surface area contributed by atoms with Gasteiger partial charge < -0.3 is 15.1 Å². The van der Waals surface area contributed by atoms with Gasteiger partial charge >= 0.3 is 0 Å². The van der Waals surface area contributed by atoms with Crippen molar-refractivity contribution in [1.82, 2.24) is 15.0 Å². The third kappa shape index (κ3) is 5.40. The van der Waals surface area contributed by atoms with E-state index in [1.165, 1.54) is 25.4 Å². The summed E-state index contributed by atoms with van der Waals surface area (Å²) in [5.41, 5.74) is 1.31. The van der Waals surface area contributed by atoms with E-state index < -0.39 is 22.6 Å². The minimum Gasteiger partial charge on any atom is -0.480 e. The number of hydrogen-bond donors (Lipinski definition) is 3. The van der Waals surface area contributed by atoms with Gasteiger partial charge in [-0.2, -0.15) is 0 Å². The Hall–Kier alpha value is -3.84. The first-order valence-electron chi connectivity index (χ1n) is 8.83. The average Bonchev–Trinajstić information content (AvgIpc) is 3.19. The number of ether oxygens (including phenoxy) is 1. The maximum Gasteiger partial charge on any atom is 0.238 e. The lowest BCUT2D eigenvalue weighted by atomic mass is 10.1. The van der Waals surface area contributed by atoms with Crippen molar-refractivity contribution in [2.24, 2.45) is 0 Å². The lowest BCUT2D eigenvalue weighted by Gasteiger charge is -2.11. The van der Waals surface area contributed by atoms with E-state index in [4.69, 9.17) is 10.1 Å². The molecule has 2 aromatic heterocycles. The summed E-state index contributed by atoms with van der Waals surface area (Å²) in [4.78, 5) is 11.0. The van der Waals surface area contributed by atoms with Crippen LogP contribution in [0.1, 0.15) is 24.0 Å². The Labute approximate surface area is 179 Å². The molecule has 1 aromatic carbocycles. The molecular formula is C21H17F2N5O2S. The molecular weight excluding hydrogens is 424 g/mol. The number of rotatable bonds is 7. The Morgan fingerprint density at radius 2 is 2.10 bits per heavy atom. The fourth-order valence-corrected chi connectivity index (χ4v) is 3.38. The van der Waals surface area contributed by atoms with Crippen LogP contribution in [0, 0.1) is 28.9 Å². The summed E-state index contributed by atoms with van der Waals surface area (Å²) >= 11 is 0. The summed E-state index contributed by atoms with van der Waals surface area (Å²) in [6.45, 7) is 1.71. The van der Waals surface area contributed by atoms with Crippen molar-refractivity contribution in [2.75, 3.05) is 11.8 Å². The molecule has 7 nitrogen and oxygen atoms in total. The second-order valence-corrected chi connectivity index (χ2v) is 7.21. The minimum atomic E-state index is -2.05. The first-order valence-corrected chi connectivity index (χ1v) is 9.98. The van der Waals surface area contributed by atoms with Gasteiger partial charge in [0.15, 0.2) is 11.0 Å². The molecule has 0 aliphatic carbocycles. The van der Waals surface area contributed by atoms with Crippen molar-refractivity contribution in [1.29, 1.82) is 5.41 Å². The third-order valence-electron chi connectivity index (χ3n) is 3.91. The van der Waals surface area contributed by atoms with Crippen LogP contribution in [0.25, 0.3) is 6.08 Å². The van der Waals surface area contributed by atoms with Crippen molar-refractivity contribution in [3.63, 3.8) is 0 Å². The number of aromatic amines is 1. The summed E-state index contributed by atoms with van der Waals surface area (Å²) in [6.07, 6.45) is 6.10. The van der Waals surface area contributed by atoms with Crippen LogP contribution < -0.4 is 9.46 Å². The largest absolute Gasteiger partial charge is 0.480 e. The molecule has 2 heterocycles. The number of nitrogens with one attached hydrogen (secondary N) is 3. The minimum absolute atomic E-state index is 0.0940. The molecule has 3 N–H and O–H groups in total. The highest BCUT2D eigenvalue weighted by molar-refractivity contribution is 7.86. The van der Waals surface area contributed by atoms with E-state index >= 15 is 0 Å². The van der Waals surface area contributed by atoms with Gasteiger partial charge in [0.05, 0.1) is 23.9 Å². The van der Waals surface area contributed by atoms with Gasteiger partial charge in [-0.1, -0.05) is 5.92 Å². The summed E-state index contributed by atoms with van der Waals surface area (Å²) in [5, 5.41) is 8.25. The van der Waals surface area contributed by atoms with E-state index in [1.807, 2.05) is 0 Å². The molecule has 3 rings (SSSR count). The molecule has 3 aromatic rings. The second-order valence-electron chi connectivity index (χ2n) is 6.03. The van der Waals surface area contributed by atoms with Crippen molar-refractivity contribution in [3.05, 3.63) is 71.5 Å². The van der Waals surface area contributed by atoms with Crippen LogP contribution in [0.4, 0.5) is 14.5 Å². The second kappa shape index (κ2) is 9.77. The highest BCUT2D eigenvalue weighted by atomic mass is 32.2. The smallest absolute Gasteiger partial charge is 0.238 e. The number of H-pyrrole nitrogens is 1. The van der Waals surface area contributed by atoms with Crippen molar-refractivity contribution >= 4 is 28.5 Å². The number of methoxy groups -OCH3 is 1. The average molecular weight is 441 g/mol. The molecule has 0 aliphatic heterocycles. The Morgan fingerprint density at radius 3 is 2.81 bits per heavy atom. The van der Waals surface area contributed by atoms with Crippen molar-refractivity contribution in [3.8, 4) is 17.7 Å². The maximum atomic E-state index is 13.9. The van der Waals surface area contributed by atoms with Crippen molar-refractivity contribution < 1.29 is 17.7 Å². The van der Waals surface area contributed by atoms with Crippen LogP contribution in [0.3, 0.4) is 0 Å². The first kappa shape index (κ1) is 21.9. The Bertz CT molecular complexity index is 1240. The highest BCUT2D eigenvalue weighted by Crippen LogP contribution is 2.25. The van der Waals surface area contributed by atoms with Crippen LogP contribution in [0.2, 0.25) is 0 Å². The van der Waals surface area contributed by atoms with Gasteiger partial charge in [-0.3, -0.25) is 4.72 Å². The van der Waals surface area contributed by atoms with E-state index in [1.54, 1.807) is 19.2 Å². The Kier molecular flexibility index (Phi) is 6.89. The van der Waals surface area contributed by atoms with Gasteiger partial charge in [0.1, 0.15) is 28.8 Å². The third-order valence-corrected chi connectivity index (χ3v) is 5.05. The summed E-state index contributed by atoms with van der Waals surface area (Å²) in [6, 6.07) is 4.24. The van der Waals surface area contributed by atoms with Crippen molar-refractivity contribution in [2.45, 2.75) is 11.8 Å². The van der Waals surface area contributed by atoms with E-state index in [0.29, 0.717) is 23.1 Å². The zero-order valence-corrected chi connectivity index (χ0v) is 17.3. The fraction of sp³-hybridized carbons (Fsp3) is 0.0952. The maximum absolute atomic E-state index is 13.9. The molecule has 10 heteroatoms.